The average Bonchev–Trinajstić information content (AvgIpc) is 3.39. The third-order valence-electron chi connectivity index (χ3n) is 4.21. The van der Waals surface area contributed by atoms with Gasteiger partial charge in [-0.15, -0.1) is 11.3 Å². The van der Waals surface area contributed by atoms with Crippen LogP contribution in [0.15, 0.2) is 83.4 Å². The fourth-order valence-corrected chi connectivity index (χ4v) is 3.59. The predicted molar refractivity (Wildman–Crippen MR) is 114 cm³/mol. The highest BCUT2D eigenvalue weighted by molar-refractivity contribution is 7.13. The first-order valence-corrected chi connectivity index (χ1v) is 9.85. The minimum absolute atomic E-state index is 0.0313. The van der Waals surface area contributed by atoms with Crippen molar-refractivity contribution in [2.75, 3.05) is 0 Å². The zero-order valence-electron chi connectivity index (χ0n) is 15.4. The van der Waals surface area contributed by atoms with Crippen LogP contribution in [-0.2, 0) is 6.54 Å². The highest BCUT2D eigenvalue weighted by atomic mass is 32.1. The number of amides is 1. The second-order valence-corrected chi connectivity index (χ2v) is 7.29. The quantitative estimate of drug-likeness (QED) is 0.376. The lowest BCUT2D eigenvalue weighted by molar-refractivity contribution is 0.0954. The Bertz CT molecular complexity index is 1130. The molecule has 0 fully saturated rings. The maximum Gasteiger partial charge on any atom is 0.271 e. The van der Waals surface area contributed by atoms with Crippen molar-refractivity contribution in [2.24, 2.45) is 5.10 Å². The van der Waals surface area contributed by atoms with Gasteiger partial charge in [-0.2, -0.15) is 10.2 Å². The Morgan fingerprint density at radius 3 is 2.76 bits per heavy atom. The number of benzene rings is 2. The first kappa shape index (κ1) is 18.6. The lowest BCUT2D eigenvalue weighted by Gasteiger charge is -2.00. The van der Waals surface area contributed by atoms with E-state index in [2.05, 4.69) is 22.7 Å². The molecule has 0 bridgehead atoms. The number of phenolic OH excluding ortho intramolecular Hbond substituents is 1. The van der Waals surface area contributed by atoms with Gasteiger partial charge in [-0.3, -0.25) is 9.48 Å². The third kappa shape index (κ3) is 4.59. The van der Waals surface area contributed by atoms with Gasteiger partial charge in [0.15, 0.2) is 0 Å². The van der Waals surface area contributed by atoms with E-state index in [-0.39, 0.29) is 5.75 Å². The van der Waals surface area contributed by atoms with Crippen molar-refractivity contribution >= 4 is 23.5 Å². The van der Waals surface area contributed by atoms with Crippen LogP contribution in [0.5, 0.6) is 5.75 Å². The van der Waals surface area contributed by atoms with E-state index in [9.17, 15) is 9.90 Å². The van der Waals surface area contributed by atoms with Crippen molar-refractivity contribution in [3.8, 4) is 16.3 Å². The highest BCUT2D eigenvalue weighted by Gasteiger charge is 2.12. The van der Waals surface area contributed by atoms with E-state index < -0.39 is 5.91 Å². The number of aromatic nitrogens is 2. The molecule has 4 rings (SSSR count). The molecule has 144 valence electrons. The molecule has 0 unspecified atom stereocenters. The molecule has 0 aliphatic heterocycles. The lowest BCUT2D eigenvalue weighted by Crippen LogP contribution is -2.17. The number of nitrogens with one attached hydrogen (secondary N) is 1. The number of thiophene rings is 1. The van der Waals surface area contributed by atoms with Crippen LogP contribution in [-0.4, -0.2) is 27.0 Å². The van der Waals surface area contributed by atoms with E-state index in [1.165, 1.54) is 12.1 Å². The second-order valence-electron chi connectivity index (χ2n) is 6.34. The molecule has 0 saturated carbocycles. The Balaban J connectivity index is 1.55. The minimum Gasteiger partial charge on any atom is -0.508 e. The molecule has 7 heteroatoms. The van der Waals surface area contributed by atoms with E-state index >= 15 is 0 Å². The second kappa shape index (κ2) is 8.53. The number of carbonyl (C=O) groups excluding carboxylic acids is 1. The molecule has 2 aromatic carbocycles. The van der Waals surface area contributed by atoms with Crippen molar-refractivity contribution in [3.05, 3.63) is 95.0 Å². The predicted octanol–water partition coefficient (Wildman–Crippen LogP) is 4.13. The van der Waals surface area contributed by atoms with Crippen LogP contribution in [0.4, 0.5) is 0 Å². The van der Waals surface area contributed by atoms with Gasteiger partial charge in [0, 0.05) is 17.3 Å². The zero-order chi connectivity index (χ0) is 20.1. The summed E-state index contributed by atoms with van der Waals surface area (Å²) in [4.78, 5) is 13.2. The maximum atomic E-state index is 12.2. The van der Waals surface area contributed by atoms with Gasteiger partial charge >= 0.3 is 0 Å². The summed E-state index contributed by atoms with van der Waals surface area (Å²) in [6.45, 7) is 0.642. The number of hydrogen-bond donors (Lipinski definition) is 2. The standard InChI is InChI=1S/C22H18N4O2S/c27-19-9-4-8-17(12-19)22(28)24-23-13-18-15-26(14-16-6-2-1-3-7-16)25-21(18)20-10-5-11-29-20/h1-13,15,27H,14H2,(H,24,28)/b23-13-. The van der Waals surface area contributed by atoms with Gasteiger partial charge in [0.2, 0.25) is 0 Å². The van der Waals surface area contributed by atoms with E-state index in [1.54, 1.807) is 29.7 Å². The van der Waals surface area contributed by atoms with Crippen LogP contribution in [0.3, 0.4) is 0 Å². The van der Waals surface area contributed by atoms with Gasteiger partial charge in [0.25, 0.3) is 5.91 Å². The molecule has 0 spiro atoms. The number of phenols is 1. The van der Waals surface area contributed by atoms with E-state index in [0.717, 1.165) is 21.7 Å². The number of hydrogen-bond acceptors (Lipinski definition) is 5. The van der Waals surface area contributed by atoms with Gasteiger partial charge in [-0.1, -0.05) is 42.5 Å². The monoisotopic (exact) mass is 402 g/mol. The summed E-state index contributed by atoms with van der Waals surface area (Å²) < 4.78 is 1.86. The molecule has 6 nitrogen and oxygen atoms in total. The molecule has 4 aromatic rings. The van der Waals surface area contributed by atoms with Gasteiger partial charge < -0.3 is 5.11 Å². The molecule has 2 aromatic heterocycles. The van der Waals surface area contributed by atoms with Gasteiger partial charge in [-0.25, -0.2) is 5.43 Å². The average molecular weight is 402 g/mol. The highest BCUT2D eigenvalue weighted by Crippen LogP contribution is 2.26. The molecule has 0 saturated heterocycles. The molecule has 2 N–H and O–H groups in total. The normalized spacial score (nSPS) is 11.0. The smallest absolute Gasteiger partial charge is 0.271 e. The van der Waals surface area contributed by atoms with Crippen LogP contribution in [0, 0.1) is 0 Å². The van der Waals surface area contributed by atoms with Crippen molar-refractivity contribution in [1.82, 2.24) is 15.2 Å². The van der Waals surface area contributed by atoms with Gasteiger partial charge in [-0.05, 0) is 35.2 Å². The summed E-state index contributed by atoms with van der Waals surface area (Å²) in [5, 5.41) is 20.3. The third-order valence-corrected chi connectivity index (χ3v) is 5.09. The minimum atomic E-state index is -0.397. The number of hydrazone groups is 1. The topological polar surface area (TPSA) is 79.5 Å². The van der Waals surface area contributed by atoms with Crippen LogP contribution in [0.1, 0.15) is 21.5 Å². The van der Waals surface area contributed by atoms with Gasteiger partial charge in [0.05, 0.1) is 17.6 Å². The summed E-state index contributed by atoms with van der Waals surface area (Å²) >= 11 is 1.60. The fraction of sp³-hybridized carbons (Fsp3) is 0.0455. The summed E-state index contributed by atoms with van der Waals surface area (Å²) in [7, 11) is 0. The Morgan fingerprint density at radius 1 is 1.14 bits per heavy atom. The van der Waals surface area contributed by atoms with Crippen LogP contribution in [0.25, 0.3) is 10.6 Å². The molecular weight excluding hydrogens is 384 g/mol. The van der Waals surface area contributed by atoms with E-state index in [1.807, 2.05) is 46.6 Å². The first-order valence-electron chi connectivity index (χ1n) is 8.97. The Labute approximate surface area is 171 Å². The van der Waals surface area contributed by atoms with E-state index in [0.29, 0.717) is 12.1 Å². The molecule has 0 aliphatic carbocycles. The first-order chi connectivity index (χ1) is 14.2. The van der Waals surface area contributed by atoms with E-state index in [4.69, 9.17) is 5.10 Å². The molecule has 1 amide bonds. The molecule has 0 radical (unpaired) electrons. The Kier molecular flexibility index (Phi) is 5.49. The van der Waals surface area contributed by atoms with Crippen LogP contribution >= 0.6 is 11.3 Å². The summed E-state index contributed by atoms with van der Waals surface area (Å²) in [6.07, 6.45) is 3.50. The van der Waals surface area contributed by atoms with Crippen molar-refractivity contribution in [2.45, 2.75) is 6.54 Å². The number of carbonyl (C=O) groups is 1. The zero-order valence-corrected chi connectivity index (χ0v) is 16.2. The summed E-state index contributed by atoms with van der Waals surface area (Å²) in [6, 6.07) is 20.2. The molecule has 2 heterocycles. The molecule has 0 aliphatic rings. The fourth-order valence-electron chi connectivity index (χ4n) is 2.86. The van der Waals surface area contributed by atoms with Crippen LogP contribution < -0.4 is 5.43 Å². The van der Waals surface area contributed by atoms with Crippen molar-refractivity contribution in [1.29, 1.82) is 0 Å². The molecule has 0 atom stereocenters. The summed E-state index contributed by atoms with van der Waals surface area (Å²) in [5.41, 5.74) is 5.59. The Hall–Kier alpha value is -3.71. The number of rotatable bonds is 6. The molecular formula is C22H18N4O2S. The molecule has 29 heavy (non-hydrogen) atoms. The largest absolute Gasteiger partial charge is 0.508 e. The van der Waals surface area contributed by atoms with Crippen molar-refractivity contribution in [3.63, 3.8) is 0 Å². The van der Waals surface area contributed by atoms with Crippen LogP contribution in [0.2, 0.25) is 0 Å². The summed E-state index contributed by atoms with van der Waals surface area (Å²) in [5.74, 6) is -0.365. The van der Waals surface area contributed by atoms with Gasteiger partial charge in [0.1, 0.15) is 11.4 Å². The number of aromatic hydroxyl groups is 1. The lowest BCUT2D eigenvalue weighted by atomic mass is 10.2. The number of nitrogens with zero attached hydrogens (tertiary/aromatic N) is 3. The van der Waals surface area contributed by atoms with Crippen molar-refractivity contribution < 1.29 is 9.90 Å². The maximum absolute atomic E-state index is 12.2. The Morgan fingerprint density at radius 2 is 2.00 bits per heavy atom. The SMILES string of the molecule is O=C(N/N=C\c1cn(Cc2ccccc2)nc1-c1cccs1)c1cccc(O)c1.